The second kappa shape index (κ2) is 8.21. The van der Waals surface area contributed by atoms with Crippen molar-refractivity contribution in [2.45, 2.75) is 59.6 Å². The normalized spacial score (nSPS) is 13.0. The molecule has 0 radical (unpaired) electrons. The maximum Gasteiger partial charge on any atom is 0.119 e. The van der Waals surface area contributed by atoms with E-state index in [4.69, 9.17) is 4.74 Å². The van der Waals surface area contributed by atoms with Crippen LogP contribution in [0.3, 0.4) is 0 Å². The van der Waals surface area contributed by atoms with Crippen molar-refractivity contribution in [3.8, 4) is 5.75 Å². The average Bonchev–Trinajstić information content (AvgIpc) is 2.39. The van der Waals surface area contributed by atoms with E-state index in [1.807, 2.05) is 0 Å². The molecular formula is C17H29NO. The summed E-state index contributed by atoms with van der Waals surface area (Å²) in [6, 6.07) is 9.02. The highest BCUT2D eigenvalue weighted by Gasteiger charge is 2.19. The van der Waals surface area contributed by atoms with Gasteiger partial charge in [-0.2, -0.15) is 0 Å². The summed E-state index contributed by atoms with van der Waals surface area (Å²) in [5, 5.41) is 3.62. The van der Waals surface area contributed by atoms with Crippen molar-refractivity contribution in [1.29, 1.82) is 0 Å². The first-order chi connectivity index (χ1) is 9.12. The molecule has 0 bridgehead atoms. The molecule has 108 valence electrons. The Morgan fingerprint density at radius 1 is 1.00 bits per heavy atom. The summed E-state index contributed by atoms with van der Waals surface area (Å²) in [5.41, 5.74) is 1.37. The summed E-state index contributed by atoms with van der Waals surface area (Å²) in [6.07, 6.45) is 2.64. The molecule has 2 nitrogen and oxygen atoms in total. The molecule has 1 rings (SSSR count). The summed E-state index contributed by atoms with van der Waals surface area (Å²) < 4.78 is 5.70. The summed E-state index contributed by atoms with van der Waals surface area (Å²) >= 11 is 0. The van der Waals surface area contributed by atoms with Crippen molar-refractivity contribution in [1.82, 2.24) is 5.32 Å². The van der Waals surface area contributed by atoms with Crippen LogP contribution in [0.4, 0.5) is 0 Å². The smallest absolute Gasteiger partial charge is 0.119 e. The van der Waals surface area contributed by atoms with Crippen molar-refractivity contribution in [2.75, 3.05) is 6.54 Å². The van der Waals surface area contributed by atoms with E-state index in [0.29, 0.717) is 12.0 Å². The maximum absolute atomic E-state index is 5.70. The van der Waals surface area contributed by atoms with E-state index in [1.165, 1.54) is 18.4 Å². The van der Waals surface area contributed by atoms with Gasteiger partial charge in [-0.25, -0.2) is 0 Å². The molecule has 0 saturated carbocycles. The van der Waals surface area contributed by atoms with E-state index in [9.17, 15) is 0 Å². The summed E-state index contributed by atoms with van der Waals surface area (Å²) in [7, 11) is 0. The van der Waals surface area contributed by atoms with Crippen LogP contribution in [0.5, 0.6) is 5.75 Å². The Labute approximate surface area is 118 Å². The van der Waals surface area contributed by atoms with Crippen LogP contribution < -0.4 is 10.1 Å². The minimum absolute atomic E-state index is 0.231. The van der Waals surface area contributed by atoms with Crippen molar-refractivity contribution >= 4 is 0 Å². The number of nitrogens with one attached hydrogen (secondary N) is 1. The largest absolute Gasteiger partial charge is 0.491 e. The number of benzene rings is 1. The molecule has 0 spiro atoms. The topological polar surface area (TPSA) is 21.3 Å². The third-order valence-corrected chi connectivity index (χ3v) is 3.56. The second-order valence-corrected chi connectivity index (χ2v) is 5.35. The quantitative estimate of drug-likeness (QED) is 0.742. The van der Waals surface area contributed by atoms with Crippen LogP contribution >= 0.6 is 0 Å². The minimum atomic E-state index is 0.231. The summed E-state index contributed by atoms with van der Waals surface area (Å²) in [4.78, 5) is 0. The lowest BCUT2D eigenvalue weighted by Gasteiger charge is -2.26. The van der Waals surface area contributed by atoms with E-state index in [1.54, 1.807) is 0 Å². The lowest BCUT2D eigenvalue weighted by Crippen LogP contribution is -2.27. The van der Waals surface area contributed by atoms with E-state index < -0.39 is 0 Å². The summed E-state index contributed by atoms with van der Waals surface area (Å²) in [5.74, 6) is 1.65. The lowest BCUT2D eigenvalue weighted by atomic mass is 9.89. The molecule has 0 aliphatic rings. The maximum atomic E-state index is 5.70. The van der Waals surface area contributed by atoms with Gasteiger partial charge in [-0.05, 0) is 44.0 Å². The Bertz CT molecular complexity index is 341. The van der Waals surface area contributed by atoms with E-state index in [-0.39, 0.29) is 6.10 Å². The molecule has 0 saturated heterocycles. The molecule has 0 amide bonds. The number of rotatable bonds is 8. The highest BCUT2D eigenvalue weighted by atomic mass is 16.5. The molecule has 1 aromatic carbocycles. The van der Waals surface area contributed by atoms with Crippen LogP contribution in [0.1, 0.15) is 59.1 Å². The molecule has 2 heteroatoms. The van der Waals surface area contributed by atoms with Crippen LogP contribution in [0.15, 0.2) is 24.3 Å². The first-order valence-corrected chi connectivity index (χ1v) is 7.62. The fourth-order valence-electron chi connectivity index (χ4n) is 2.56. The van der Waals surface area contributed by atoms with Gasteiger partial charge in [-0.1, -0.05) is 45.7 Å². The van der Waals surface area contributed by atoms with Gasteiger partial charge in [0.1, 0.15) is 5.75 Å². The van der Waals surface area contributed by atoms with Gasteiger partial charge < -0.3 is 10.1 Å². The van der Waals surface area contributed by atoms with Gasteiger partial charge in [-0.3, -0.25) is 0 Å². The lowest BCUT2D eigenvalue weighted by molar-refractivity contribution is 0.242. The fraction of sp³-hybridized carbons (Fsp3) is 0.647. The first kappa shape index (κ1) is 16.0. The van der Waals surface area contributed by atoms with Gasteiger partial charge >= 0.3 is 0 Å². The number of hydrogen-bond donors (Lipinski definition) is 1. The van der Waals surface area contributed by atoms with Gasteiger partial charge in [0.25, 0.3) is 0 Å². The monoisotopic (exact) mass is 263 g/mol. The molecule has 0 heterocycles. The molecule has 1 aromatic rings. The predicted molar refractivity (Wildman–Crippen MR) is 82.7 cm³/mol. The third kappa shape index (κ3) is 4.87. The zero-order valence-electron chi connectivity index (χ0n) is 13.1. The molecule has 0 aliphatic carbocycles. The SMILES string of the molecule is CCNC(c1ccc(OC(C)C)cc1)C(CC)CC. The van der Waals surface area contributed by atoms with Gasteiger partial charge in [0, 0.05) is 6.04 Å². The Kier molecular flexibility index (Phi) is 6.93. The molecule has 1 N–H and O–H groups in total. The van der Waals surface area contributed by atoms with E-state index >= 15 is 0 Å². The van der Waals surface area contributed by atoms with Crippen molar-refractivity contribution in [3.05, 3.63) is 29.8 Å². The fourth-order valence-corrected chi connectivity index (χ4v) is 2.56. The van der Waals surface area contributed by atoms with Crippen molar-refractivity contribution in [2.24, 2.45) is 5.92 Å². The zero-order chi connectivity index (χ0) is 14.3. The molecular weight excluding hydrogens is 234 g/mol. The number of hydrogen-bond acceptors (Lipinski definition) is 2. The van der Waals surface area contributed by atoms with E-state index in [2.05, 4.69) is 64.2 Å². The molecule has 1 unspecified atom stereocenters. The Hall–Kier alpha value is -1.02. The summed E-state index contributed by atoms with van der Waals surface area (Å²) in [6.45, 7) is 11.8. The van der Waals surface area contributed by atoms with Crippen molar-refractivity contribution < 1.29 is 4.74 Å². The molecule has 19 heavy (non-hydrogen) atoms. The predicted octanol–water partition coefficient (Wildman–Crippen LogP) is 4.56. The Morgan fingerprint density at radius 2 is 1.58 bits per heavy atom. The standard InChI is InChI=1S/C17H29NO/c1-6-14(7-2)17(18-8-3)15-9-11-16(12-10-15)19-13(4)5/h9-14,17-18H,6-8H2,1-5H3. The third-order valence-electron chi connectivity index (χ3n) is 3.56. The van der Waals surface area contributed by atoms with Gasteiger partial charge in [0.05, 0.1) is 6.10 Å². The second-order valence-electron chi connectivity index (χ2n) is 5.35. The van der Waals surface area contributed by atoms with Crippen LogP contribution in [0, 0.1) is 5.92 Å². The zero-order valence-corrected chi connectivity index (χ0v) is 13.1. The highest BCUT2D eigenvalue weighted by Crippen LogP contribution is 2.28. The van der Waals surface area contributed by atoms with Crippen LogP contribution in [-0.2, 0) is 0 Å². The molecule has 0 aromatic heterocycles. The van der Waals surface area contributed by atoms with Gasteiger partial charge in [-0.15, -0.1) is 0 Å². The minimum Gasteiger partial charge on any atom is -0.491 e. The highest BCUT2D eigenvalue weighted by molar-refractivity contribution is 5.29. The Balaban J connectivity index is 2.84. The van der Waals surface area contributed by atoms with Crippen LogP contribution in [0.2, 0.25) is 0 Å². The van der Waals surface area contributed by atoms with E-state index in [0.717, 1.165) is 12.3 Å². The van der Waals surface area contributed by atoms with Crippen LogP contribution in [0.25, 0.3) is 0 Å². The van der Waals surface area contributed by atoms with Crippen molar-refractivity contribution in [3.63, 3.8) is 0 Å². The molecule has 0 fully saturated rings. The van der Waals surface area contributed by atoms with Gasteiger partial charge in [0.15, 0.2) is 0 Å². The average molecular weight is 263 g/mol. The molecule has 0 aliphatic heterocycles. The van der Waals surface area contributed by atoms with Crippen LogP contribution in [-0.4, -0.2) is 12.6 Å². The Morgan fingerprint density at radius 3 is 2.00 bits per heavy atom. The molecule has 1 atom stereocenters. The first-order valence-electron chi connectivity index (χ1n) is 7.62. The number of ether oxygens (including phenoxy) is 1. The van der Waals surface area contributed by atoms with Gasteiger partial charge in [0.2, 0.25) is 0 Å².